The number of fused-ring (bicyclic) bond motifs is 1. The molecule has 0 aliphatic heterocycles. The minimum atomic E-state index is -0.149. The molecule has 0 bridgehead atoms. The van der Waals surface area contributed by atoms with Gasteiger partial charge in [0, 0.05) is 36.7 Å². The molecule has 118 valence electrons. The van der Waals surface area contributed by atoms with Gasteiger partial charge in [-0.2, -0.15) is 0 Å². The second-order valence-corrected chi connectivity index (χ2v) is 5.68. The van der Waals surface area contributed by atoms with Gasteiger partial charge in [-0.25, -0.2) is 9.97 Å². The largest absolute Gasteiger partial charge is 0.348 e. The molecule has 0 fully saturated rings. The number of nitrogens with one attached hydrogen (secondary N) is 1. The summed E-state index contributed by atoms with van der Waals surface area (Å²) in [6.07, 6.45) is 5.92. The predicted molar refractivity (Wildman–Crippen MR) is 87.3 cm³/mol. The zero-order valence-electron chi connectivity index (χ0n) is 13.4. The van der Waals surface area contributed by atoms with E-state index in [-0.39, 0.29) is 11.9 Å². The summed E-state index contributed by atoms with van der Waals surface area (Å²) in [5, 5.41) is 3.02. The zero-order chi connectivity index (χ0) is 16.4. The molecular formula is C17H19N5O. The normalized spacial score (nSPS) is 12.3. The average Bonchev–Trinajstić information content (AvgIpc) is 2.85. The van der Waals surface area contributed by atoms with Crippen molar-refractivity contribution in [1.29, 1.82) is 0 Å². The Hall–Kier alpha value is -2.76. The number of rotatable bonds is 4. The molecule has 23 heavy (non-hydrogen) atoms. The van der Waals surface area contributed by atoms with Crippen LogP contribution in [-0.2, 0) is 6.42 Å². The molecule has 1 unspecified atom stereocenters. The van der Waals surface area contributed by atoms with E-state index >= 15 is 0 Å². The topological polar surface area (TPSA) is 72.2 Å². The van der Waals surface area contributed by atoms with Crippen molar-refractivity contribution >= 4 is 11.7 Å². The molecule has 3 aromatic rings. The first kappa shape index (κ1) is 15.1. The van der Waals surface area contributed by atoms with Crippen LogP contribution in [0.5, 0.6) is 0 Å². The molecule has 6 heteroatoms. The van der Waals surface area contributed by atoms with E-state index in [4.69, 9.17) is 0 Å². The Morgan fingerprint density at radius 2 is 2.04 bits per heavy atom. The molecule has 3 rings (SSSR count). The van der Waals surface area contributed by atoms with Crippen molar-refractivity contribution in [2.75, 3.05) is 0 Å². The number of imidazole rings is 1. The summed E-state index contributed by atoms with van der Waals surface area (Å²) in [5.41, 5.74) is 3.32. The van der Waals surface area contributed by atoms with Crippen LogP contribution in [0.25, 0.3) is 5.78 Å². The molecule has 1 atom stereocenters. The van der Waals surface area contributed by atoms with Gasteiger partial charge in [0.2, 0.25) is 5.78 Å². The quantitative estimate of drug-likeness (QED) is 0.801. The van der Waals surface area contributed by atoms with E-state index in [1.54, 1.807) is 29.1 Å². The molecule has 0 saturated carbocycles. The SMILES string of the molecule is Cc1cccnc1CC(C)NC(=O)c1c(C)nc2ncccn12. The molecule has 6 nitrogen and oxygen atoms in total. The number of aryl methyl sites for hydroxylation is 2. The van der Waals surface area contributed by atoms with Crippen LogP contribution in [-0.4, -0.2) is 31.3 Å². The van der Waals surface area contributed by atoms with E-state index in [1.807, 2.05) is 32.9 Å². The van der Waals surface area contributed by atoms with E-state index in [0.717, 1.165) is 11.3 Å². The molecular weight excluding hydrogens is 290 g/mol. The summed E-state index contributed by atoms with van der Waals surface area (Å²) >= 11 is 0. The molecule has 0 saturated heterocycles. The van der Waals surface area contributed by atoms with E-state index in [1.165, 1.54) is 0 Å². The number of aromatic nitrogens is 4. The zero-order valence-corrected chi connectivity index (χ0v) is 13.4. The lowest BCUT2D eigenvalue weighted by atomic mass is 10.1. The van der Waals surface area contributed by atoms with Gasteiger partial charge in [0.05, 0.1) is 5.69 Å². The van der Waals surface area contributed by atoms with Gasteiger partial charge in [-0.3, -0.25) is 14.2 Å². The highest BCUT2D eigenvalue weighted by Gasteiger charge is 2.19. The van der Waals surface area contributed by atoms with Crippen LogP contribution in [0.15, 0.2) is 36.8 Å². The Labute approximate surface area is 134 Å². The summed E-state index contributed by atoms with van der Waals surface area (Å²) in [6, 6.07) is 5.69. The Balaban J connectivity index is 1.78. The van der Waals surface area contributed by atoms with Crippen LogP contribution in [0, 0.1) is 13.8 Å². The van der Waals surface area contributed by atoms with Crippen LogP contribution >= 0.6 is 0 Å². The molecule has 0 aromatic carbocycles. The fourth-order valence-corrected chi connectivity index (χ4v) is 2.64. The lowest BCUT2D eigenvalue weighted by molar-refractivity contribution is 0.0933. The molecule has 0 aliphatic rings. The fraction of sp³-hybridized carbons (Fsp3) is 0.294. The third-order valence-electron chi connectivity index (χ3n) is 3.79. The maximum atomic E-state index is 12.6. The molecule has 0 spiro atoms. The predicted octanol–water partition coefficient (Wildman–Crippen LogP) is 2.10. The van der Waals surface area contributed by atoms with Crippen molar-refractivity contribution in [3.63, 3.8) is 0 Å². The maximum absolute atomic E-state index is 12.6. The number of amides is 1. The van der Waals surface area contributed by atoms with E-state index in [2.05, 4.69) is 20.3 Å². The molecule has 3 heterocycles. The molecule has 1 amide bonds. The number of carbonyl (C=O) groups is 1. The van der Waals surface area contributed by atoms with E-state index in [0.29, 0.717) is 23.6 Å². The van der Waals surface area contributed by atoms with Crippen LogP contribution < -0.4 is 5.32 Å². The summed E-state index contributed by atoms with van der Waals surface area (Å²) in [6.45, 7) is 5.82. The van der Waals surface area contributed by atoms with Gasteiger partial charge in [-0.1, -0.05) is 6.07 Å². The monoisotopic (exact) mass is 309 g/mol. The summed E-state index contributed by atoms with van der Waals surface area (Å²) < 4.78 is 1.71. The second kappa shape index (κ2) is 6.16. The average molecular weight is 309 g/mol. The van der Waals surface area contributed by atoms with Crippen molar-refractivity contribution in [1.82, 2.24) is 24.7 Å². The van der Waals surface area contributed by atoms with Crippen molar-refractivity contribution in [3.8, 4) is 0 Å². The van der Waals surface area contributed by atoms with Crippen LogP contribution in [0.2, 0.25) is 0 Å². The van der Waals surface area contributed by atoms with Gasteiger partial charge in [-0.15, -0.1) is 0 Å². The van der Waals surface area contributed by atoms with Crippen LogP contribution in [0.4, 0.5) is 0 Å². The number of pyridine rings is 1. The number of hydrogen-bond donors (Lipinski definition) is 1. The fourth-order valence-electron chi connectivity index (χ4n) is 2.64. The van der Waals surface area contributed by atoms with Gasteiger partial charge in [0.15, 0.2) is 0 Å². The maximum Gasteiger partial charge on any atom is 0.270 e. The smallest absolute Gasteiger partial charge is 0.270 e. The van der Waals surface area contributed by atoms with Gasteiger partial charge in [0.1, 0.15) is 5.69 Å². The third kappa shape index (κ3) is 3.06. The Morgan fingerprint density at radius 1 is 1.26 bits per heavy atom. The van der Waals surface area contributed by atoms with Crippen molar-refractivity contribution in [2.45, 2.75) is 33.2 Å². The van der Waals surface area contributed by atoms with Gasteiger partial charge in [0.25, 0.3) is 5.91 Å². The number of nitrogens with zero attached hydrogens (tertiary/aromatic N) is 4. The molecule has 0 radical (unpaired) electrons. The minimum absolute atomic E-state index is 0.0299. The number of carbonyl (C=O) groups excluding carboxylic acids is 1. The summed E-state index contributed by atoms with van der Waals surface area (Å²) in [7, 11) is 0. The second-order valence-electron chi connectivity index (χ2n) is 5.68. The molecule has 3 aromatic heterocycles. The minimum Gasteiger partial charge on any atom is -0.348 e. The lowest BCUT2D eigenvalue weighted by Gasteiger charge is -2.14. The lowest BCUT2D eigenvalue weighted by Crippen LogP contribution is -2.35. The number of hydrogen-bond acceptors (Lipinski definition) is 4. The van der Waals surface area contributed by atoms with E-state index in [9.17, 15) is 4.79 Å². The third-order valence-corrected chi connectivity index (χ3v) is 3.79. The standard InChI is InChI=1S/C17H19N5O/c1-11-6-4-7-18-14(11)10-12(2)20-16(23)15-13(3)21-17-19-8-5-9-22(15)17/h4-9,12H,10H2,1-3H3,(H,20,23). The molecule has 1 N–H and O–H groups in total. The highest BCUT2D eigenvalue weighted by molar-refractivity contribution is 5.94. The highest BCUT2D eigenvalue weighted by Crippen LogP contribution is 2.11. The van der Waals surface area contributed by atoms with Crippen molar-refractivity contribution in [2.24, 2.45) is 0 Å². The van der Waals surface area contributed by atoms with Crippen LogP contribution in [0.3, 0.4) is 0 Å². The summed E-state index contributed by atoms with van der Waals surface area (Å²) in [4.78, 5) is 25.5. The van der Waals surface area contributed by atoms with Gasteiger partial charge in [-0.05, 0) is 38.5 Å². The van der Waals surface area contributed by atoms with Crippen molar-refractivity contribution < 1.29 is 4.79 Å². The first-order valence-corrected chi connectivity index (χ1v) is 7.57. The highest BCUT2D eigenvalue weighted by atomic mass is 16.2. The Kier molecular flexibility index (Phi) is 4.06. The van der Waals surface area contributed by atoms with Gasteiger partial charge >= 0.3 is 0 Å². The summed E-state index contributed by atoms with van der Waals surface area (Å²) in [5.74, 6) is 0.382. The Morgan fingerprint density at radius 3 is 2.83 bits per heavy atom. The van der Waals surface area contributed by atoms with Gasteiger partial charge < -0.3 is 5.32 Å². The van der Waals surface area contributed by atoms with E-state index < -0.39 is 0 Å². The first-order valence-electron chi connectivity index (χ1n) is 7.57. The Bertz CT molecular complexity index is 855. The first-order chi connectivity index (χ1) is 11.1. The van der Waals surface area contributed by atoms with Crippen LogP contribution in [0.1, 0.15) is 34.4 Å². The van der Waals surface area contributed by atoms with Crippen molar-refractivity contribution in [3.05, 3.63) is 59.4 Å². The molecule has 0 aliphatic carbocycles.